The molecule has 0 bridgehead atoms. The molecule has 2 unspecified atom stereocenters. The van der Waals surface area contributed by atoms with Crippen molar-refractivity contribution < 1.29 is 24.2 Å². The molecular formula is C27H33N3O5. The van der Waals surface area contributed by atoms with Crippen LogP contribution in [0, 0.1) is 11.8 Å². The minimum atomic E-state index is -0.942. The number of hydrogen-bond acceptors (Lipinski definition) is 5. The molecule has 8 heteroatoms. The lowest BCUT2D eigenvalue weighted by Gasteiger charge is -2.39. The number of ether oxygens (including phenoxy) is 1. The summed E-state index contributed by atoms with van der Waals surface area (Å²) in [7, 11) is 1.75. The van der Waals surface area contributed by atoms with E-state index in [9.17, 15) is 19.5 Å². The molecule has 2 atom stereocenters. The van der Waals surface area contributed by atoms with Crippen molar-refractivity contribution in [1.82, 2.24) is 15.1 Å². The Kier molecular flexibility index (Phi) is 7.40. The van der Waals surface area contributed by atoms with Crippen LogP contribution in [0.4, 0.5) is 4.79 Å². The fourth-order valence-corrected chi connectivity index (χ4v) is 5.03. The van der Waals surface area contributed by atoms with Gasteiger partial charge < -0.3 is 20.1 Å². The van der Waals surface area contributed by atoms with Crippen LogP contribution in [0.1, 0.15) is 30.9 Å². The average Bonchev–Trinajstić information content (AvgIpc) is 3.16. The van der Waals surface area contributed by atoms with E-state index in [4.69, 9.17) is 4.74 Å². The molecule has 2 N–H and O–H groups in total. The van der Waals surface area contributed by atoms with Crippen LogP contribution in [0.25, 0.3) is 11.1 Å². The third kappa shape index (κ3) is 5.17. The van der Waals surface area contributed by atoms with Crippen LogP contribution in [0.3, 0.4) is 0 Å². The monoisotopic (exact) mass is 479 g/mol. The number of hydrogen-bond donors (Lipinski definition) is 2. The van der Waals surface area contributed by atoms with Gasteiger partial charge in [0.05, 0.1) is 5.92 Å². The highest BCUT2D eigenvalue weighted by Crippen LogP contribution is 2.44. The molecule has 1 heterocycles. The lowest BCUT2D eigenvalue weighted by molar-refractivity contribution is -0.149. The highest BCUT2D eigenvalue weighted by atomic mass is 16.5. The molecule has 2 aromatic carbocycles. The fraction of sp³-hybridized carbons (Fsp3) is 0.444. The Bertz CT molecular complexity index is 1060. The third-order valence-corrected chi connectivity index (χ3v) is 7.18. The van der Waals surface area contributed by atoms with Gasteiger partial charge in [0, 0.05) is 32.1 Å². The van der Waals surface area contributed by atoms with Crippen LogP contribution in [0.2, 0.25) is 0 Å². The smallest absolute Gasteiger partial charge is 0.407 e. The van der Waals surface area contributed by atoms with E-state index in [0.29, 0.717) is 13.1 Å². The van der Waals surface area contributed by atoms with Crippen molar-refractivity contribution in [2.45, 2.75) is 25.8 Å². The van der Waals surface area contributed by atoms with Gasteiger partial charge in [0.1, 0.15) is 12.6 Å². The molecule has 2 aliphatic rings. The lowest BCUT2D eigenvalue weighted by atomic mass is 9.93. The first-order chi connectivity index (χ1) is 16.8. The minimum Gasteiger partial charge on any atom is -0.480 e. The van der Waals surface area contributed by atoms with Gasteiger partial charge in [-0.1, -0.05) is 62.4 Å². The van der Waals surface area contributed by atoms with Gasteiger partial charge in [-0.2, -0.15) is 0 Å². The predicted octanol–water partition coefficient (Wildman–Crippen LogP) is 3.02. The van der Waals surface area contributed by atoms with Crippen molar-refractivity contribution in [3.8, 4) is 11.1 Å². The van der Waals surface area contributed by atoms with Gasteiger partial charge in [0.2, 0.25) is 5.91 Å². The second-order valence-electron chi connectivity index (χ2n) is 9.68. The zero-order chi connectivity index (χ0) is 25.1. The Morgan fingerprint density at radius 3 is 2.20 bits per heavy atom. The van der Waals surface area contributed by atoms with E-state index < -0.39 is 24.0 Å². The zero-order valence-electron chi connectivity index (χ0n) is 20.4. The summed E-state index contributed by atoms with van der Waals surface area (Å²) in [5, 5.41) is 12.2. The van der Waals surface area contributed by atoms with Crippen LogP contribution in [-0.4, -0.2) is 78.8 Å². The summed E-state index contributed by atoms with van der Waals surface area (Å²) in [6.07, 6.45) is -0.563. The summed E-state index contributed by atoms with van der Waals surface area (Å²) in [5.74, 6) is -1.61. The van der Waals surface area contributed by atoms with E-state index in [2.05, 4.69) is 29.6 Å². The van der Waals surface area contributed by atoms with Gasteiger partial charge in [-0.25, -0.2) is 4.79 Å². The number of nitrogens with one attached hydrogen (secondary N) is 1. The van der Waals surface area contributed by atoms with Crippen LogP contribution in [0.5, 0.6) is 0 Å². The SMILES string of the molecule is CC(C)C(CNC(=O)OCC1c2ccccc2-c2ccccc21)C(=O)N1CCN(C)C(C(=O)O)C1. The van der Waals surface area contributed by atoms with Crippen LogP contribution >= 0.6 is 0 Å². The molecule has 2 amide bonds. The minimum absolute atomic E-state index is 0.0284. The zero-order valence-corrected chi connectivity index (χ0v) is 20.4. The van der Waals surface area contributed by atoms with Crippen molar-refractivity contribution in [2.24, 2.45) is 11.8 Å². The molecule has 1 saturated heterocycles. The Morgan fingerprint density at radius 1 is 1.03 bits per heavy atom. The highest BCUT2D eigenvalue weighted by molar-refractivity contribution is 5.82. The van der Waals surface area contributed by atoms with Gasteiger partial charge in [0.25, 0.3) is 0 Å². The van der Waals surface area contributed by atoms with Crippen LogP contribution < -0.4 is 5.32 Å². The van der Waals surface area contributed by atoms with E-state index in [1.54, 1.807) is 16.8 Å². The number of benzene rings is 2. The number of alkyl carbamates (subject to hydrolysis) is 1. The molecule has 186 valence electrons. The molecule has 35 heavy (non-hydrogen) atoms. The van der Waals surface area contributed by atoms with Crippen LogP contribution in [0.15, 0.2) is 48.5 Å². The maximum atomic E-state index is 13.2. The van der Waals surface area contributed by atoms with Gasteiger partial charge in [0.15, 0.2) is 0 Å². The van der Waals surface area contributed by atoms with Gasteiger partial charge in [-0.3, -0.25) is 14.5 Å². The highest BCUT2D eigenvalue weighted by Gasteiger charge is 2.36. The number of piperazine rings is 1. The molecule has 0 spiro atoms. The summed E-state index contributed by atoms with van der Waals surface area (Å²) in [4.78, 5) is 40.7. The Morgan fingerprint density at radius 2 is 1.63 bits per heavy atom. The van der Waals surface area contributed by atoms with Gasteiger partial charge in [-0.05, 0) is 35.2 Å². The first-order valence-electron chi connectivity index (χ1n) is 12.1. The standard InChI is InChI=1S/C27H33N3O5/c1-17(2)22(25(31)30-13-12-29(3)24(15-30)26(32)33)14-28-27(34)35-16-23-20-10-6-4-8-18(20)19-9-5-7-11-21(19)23/h4-11,17,22-24H,12-16H2,1-3H3,(H,28,34)(H,32,33). The first kappa shape index (κ1) is 24.7. The van der Waals surface area contributed by atoms with Crippen molar-refractivity contribution in [3.05, 3.63) is 59.7 Å². The average molecular weight is 480 g/mol. The molecule has 0 aromatic heterocycles. The molecule has 0 radical (unpaired) electrons. The van der Waals surface area contributed by atoms with E-state index in [-0.39, 0.29) is 37.4 Å². The predicted molar refractivity (Wildman–Crippen MR) is 132 cm³/mol. The van der Waals surface area contributed by atoms with Crippen molar-refractivity contribution in [3.63, 3.8) is 0 Å². The normalized spacial score (nSPS) is 18.6. The number of fused-ring (bicyclic) bond motifs is 3. The molecule has 0 saturated carbocycles. The Balaban J connectivity index is 1.35. The third-order valence-electron chi connectivity index (χ3n) is 7.18. The second-order valence-corrected chi connectivity index (χ2v) is 9.68. The van der Waals surface area contributed by atoms with Crippen molar-refractivity contribution in [2.75, 3.05) is 39.8 Å². The maximum absolute atomic E-state index is 13.2. The number of carboxylic acid groups (broad SMARTS) is 1. The summed E-state index contributed by atoms with van der Waals surface area (Å²) < 4.78 is 5.60. The topological polar surface area (TPSA) is 99.2 Å². The van der Waals surface area contributed by atoms with Gasteiger partial charge >= 0.3 is 12.1 Å². The summed E-state index contributed by atoms with van der Waals surface area (Å²) >= 11 is 0. The number of likely N-dealkylation sites (N-methyl/N-ethyl adjacent to an activating group) is 1. The maximum Gasteiger partial charge on any atom is 0.407 e. The second kappa shape index (κ2) is 10.5. The summed E-state index contributed by atoms with van der Waals surface area (Å²) in [5.41, 5.74) is 4.60. The van der Waals surface area contributed by atoms with E-state index in [0.717, 1.165) is 22.3 Å². The molecule has 1 aliphatic heterocycles. The fourth-order valence-electron chi connectivity index (χ4n) is 5.03. The lowest BCUT2D eigenvalue weighted by Crippen LogP contribution is -2.58. The summed E-state index contributed by atoms with van der Waals surface area (Å²) in [6.45, 7) is 5.29. The quantitative estimate of drug-likeness (QED) is 0.633. The van der Waals surface area contributed by atoms with Crippen LogP contribution in [-0.2, 0) is 14.3 Å². The van der Waals surface area contributed by atoms with Crippen molar-refractivity contribution in [1.29, 1.82) is 0 Å². The van der Waals surface area contributed by atoms with E-state index >= 15 is 0 Å². The largest absolute Gasteiger partial charge is 0.480 e. The van der Waals surface area contributed by atoms with Crippen molar-refractivity contribution >= 4 is 18.0 Å². The van der Waals surface area contributed by atoms with E-state index in [1.165, 1.54) is 0 Å². The molecule has 1 fully saturated rings. The number of carbonyl (C=O) groups is 3. The number of amides is 2. The summed E-state index contributed by atoms with van der Waals surface area (Å²) in [6, 6.07) is 15.6. The molecule has 4 rings (SSSR count). The first-order valence-corrected chi connectivity index (χ1v) is 12.1. The molecule has 8 nitrogen and oxygen atoms in total. The number of nitrogens with zero attached hydrogens (tertiary/aromatic N) is 2. The number of rotatable bonds is 7. The molecular weight excluding hydrogens is 446 g/mol. The molecule has 1 aliphatic carbocycles. The Labute approximate surface area is 205 Å². The van der Waals surface area contributed by atoms with Gasteiger partial charge in [-0.15, -0.1) is 0 Å². The molecule has 2 aromatic rings. The van der Waals surface area contributed by atoms with E-state index in [1.807, 2.05) is 38.1 Å². The number of carboxylic acids is 1. The number of aliphatic carboxylic acids is 1. The number of carbonyl (C=O) groups excluding carboxylic acids is 2. The Hall–Kier alpha value is -3.39.